The average molecular weight is 333 g/mol. The van der Waals surface area contributed by atoms with Crippen molar-refractivity contribution in [3.05, 3.63) is 29.3 Å². The molecule has 1 aromatic carbocycles. The van der Waals surface area contributed by atoms with Gasteiger partial charge in [-0.15, -0.1) is 0 Å². The molecule has 1 aromatic rings. The molecule has 2 atom stereocenters. The Morgan fingerprint density at radius 3 is 2.88 bits per heavy atom. The van der Waals surface area contributed by atoms with E-state index in [2.05, 4.69) is 5.32 Å². The summed E-state index contributed by atoms with van der Waals surface area (Å²) >= 11 is 0. The van der Waals surface area contributed by atoms with Gasteiger partial charge in [0.15, 0.2) is 0 Å². The zero-order chi connectivity index (χ0) is 17.3. The number of amides is 3. The van der Waals surface area contributed by atoms with Crippen LogP contribution in [0.4, 0.5) is 10.5 Å². The van der Waals surface area contributed by atoms with Crippen molar-refractivity contribution < 1.29 is 19.4 Å². The predicted octanol–water partition coefficient (Wildman–Crippen LogP) is 0.746. The molecular weight excluding hydrogens is 310 g/mol. The second-order valence-electron chi connectivity index (χ2n) is 6.22. The number of likely N-dealkylation sites (tertiary alicyclic amines) is 1. The summed E-state index contributed by atoms with van der Waals surface area (Å²) in [6.45, 7) is 3.43. The minimum absolute atomic E-state index is 0.0565. The largest absolute Gasteiger partial charge is 0.394 e. The molecule has 0 radical (unpaired) electrons. The number of carbonyl (C=O) groups is 2. The molecule has 7 nitrogen and oxygen atoms in total. The first-order valence-electron chi connectivity index (χ1n) is 8.16. The number of nitrogens with zero attached hydrogens (tertiary/aromatic N) is 2. The summed E-state index contributed by atoms with van der Waals surface area (Å²) in [6, 6.07) is 5.03. The lowest BCUT2D eigenvalue weighted by molar-refractivity contribution is 0.0647. The molecule has 0 bridgehead atoms. The molecule has 3 rings (SSSR count). The Balaban J connectivity index is 1.89. The molecule has 0 aromatic heterocycles. The SMILES string of the molecule is CO[C@@H]1C[C@@H](CO)N(C(=O)c2cccc(N3CCNC3=O)c2C)C1. The minimum atomic E-state index is -0.236. The van der Waals surface area contributed by atoms with E-state index in [0.29, 0.717) is 31.6 Å². The van der Waals surface area contributed by atoms with Crippen LogP contribution in [-0.4, -0.2) is 67.4 Å². The van der Waals surface area contributed by atoms with E-state index < -0.39 is 0 Å². The van der Waals surface area contributed by atoms with Gasteiger partial charge in [0.2, 0.25) is 0 Å². The van der Waals surface area contributed by atoms with Gasteiger partial charge in [-0.1, -0.05) is 6.07 Å². The van der Waals surface area contributed by atoms with Gasteiger partial charge in [-0.3, -0.25) is 9.69 Å². The van der Waals surface area contributed by atoms with Gasteiger partial charge in [0.1, 0.15) is 0 Å². The number of carbonyl (C=O) groups excluding carboxylic acids is 2. The van der Waals surface area contributed by atoms with Crippen LogP contribution in [0, 0.1) is 6.92 Å². The highest BCUT2D eigenvalue weighted by molar-refractivity contribution is 6.00. The maximum atomic E-state index is 13.0. The molecule has 3 amide bonds. The number of hydrogen-bond acceptors (Lipinski definition) is 4. The second-order valence-corrected chi connectivity index (χ2v) is 6.22. The molecule has 7 heteroatoms. The van der Waals surface area contributed by atoms with Crippen molar-refractivity contribution >= 4 is 17.6 Å². The highest BCUT2D eigenvalue weighted by Gasteiger charge is 2.36. The van der Waals surface area contributed by atoms with Gasteiger partial charge in [0.25, 0.3) is 5.91 Å². The fourth-order valence-electron chi connectivity index (χ4n) is 3.47. The summed E-state index contributed by atoms with van der Waals surface area (Å²) in [7, 11) is 1.62. The summed E-state index contributed by atoms with van der Waals surface area (Å²) in [5.74, 6) is -0.132. The third-order valence-corrected chi connectivity index (χ3v) is 4.86. The third-order valence-electron chi connectivity index (χ3n) is 4.86. The van der Waals surface area contributed by atoms with E-state index in [1.165, 1.54) is 0 Å². The Labute approximate surface area is 141 Å². The molecule has 0 spiro atoms. The number of anilines is 1. The molecule has 2 heterocycles. The second kappa shape index (κ2) is 6.78. The van der Waals surface area contributed by atoms with Crippen molar-refractivity contribution in [1.29, 1.82) is 0 Å². The van der Waals surface area contributed by atoms with Crippen molar-refractivity contribution in [3.8, 4) is 0 Å². The normalized spacial score (nSPS) is 23.7. The van der Waals surface area contributed by atoms with Crippen LogP contribution in [-0.2, 0) is 4.74 Å². The lowest BCUT2D eigenvalue weighted by atomic mass is 10.0. The van der Waals surface area contributed by atoms with E-state index in [0.717, 1.165) is 11.3 Å². The number of nitrogens with one attached hydrogen (secondary N) is 1. The number of hydrogen-bond donors (Lipinski definition) is 2. The van der Waals surface area contributed by atoms with E-state index in [-0.39, 0.29) is 30.7 Å². The van der Waals surface area contributed by atoms with Crippen LogP contribution in [0.1, 0.15) is 22.3 Å². The van der Waals surface area contributed by atoms with E-state index in [1.807, 2.05) is 13.0 Å². The number of aliphatic hydroxyl groups excluding tert-OH is 1. The van der Waals surface area contributed by atoms with E-state index in [9.17, 15) is 14.7 Å². The van der Waals surface area contributed by atoms with Gasteiger partial charge >= 0.3 is 6.03 Å². The predicted molar refractivity (Wildman–Crippen MR) is 89.2 cm³/mol. The van der Waals surface area contributed by atoms with Gasteiger partial charge in [-0.25, -0.2) is 4.79 Å². The highest BCUT2D eigenvalue weighted by atomic mass is 16.5. The van der Waals surface area contributed by atoms with Crippen molar-refractivity contribution in [3.63, 3.8) is 0 Å². The summed E-state index contributed by atoms with van der Waals surface area (Å²) in [5, 5.41) is 12.3. The fraction of sp³-hybridized carbons (Fsp3) is 0.529. The minimum Gasteiger partial charge on any atom is -0.394 e. The molecule has 2 aliphatic rings. The number of aliphatic hydroxyl groups is 1. The highest BCUT2D eigenvalue weighted by Crippen LogP contribution is 2.28. The van der Waals surface area contributed by atoms with Crippen LogP contribution in [0.2, 0.25) is 0 Å². The maximum Gasteiger partial charge on any atom is 0.322 e. The zero-order valence-electron chi connectivity index (χ0n) is 14.0. The summed E-state index contributed by atoms with van der Waals surface area (Å²) in [6.07, 6.45) is 0.574. The van der Waals surface area contributed by atoms with Crippen LogP contribution in [0.25, 0.3) is 0 Å². The molecule has 2 N–H and O–H groups in total. The van der Waals surface area contributed by atoms with Crippen LogP contribution in [0.15, 0.2) is 18.2 Å². The number of benzene rings is 1. The maximum absolute atomic E-state index is 13.0. The van der Waals surface area contributed by atoms with Crippen molar-refractivity contribution in [2.45, 2.75) is 25.5 Å². The van der Waals surface area contributed by atoms with Crippen LogP contribution >= 0.6 is 0 Å². The molecular formula is C17H23N3O4. The summed E-state index contributed by atoms with van der Waals surface area (Å²) < 4.78 is 5.34. The number of ether oxygens (including phenoxy) is 1. The Bertz CT molecular complexity index is 649. The van der Waals surface area contributed by atoms with Gasteiger partial charge in [-0.2, -0.15) is 0 Å². The molecule has 24 heavy (non-hydrogen) atoms. The Morgan fingerprint density at radius 2 is 2.25 bits per heavy atom. The topological polar surface area (TPSA) is 82.1 Å². The average Bonchev–Trinajstić information content (AvgIpc) is 3.20. The Morgan fingerprint density at radius 1 is 1.46 bits per heavy atom. The lowest BCUT2D eigenvalue weighted by Gasteiger charge is -2.25. The van der Waals surface area contributed by atoms with E-state index in [4.69, 9.17) is 4.74 Å². The summed E-state index contributed by atoms with van der Waals surface area (Å²) in [5.41, 5.74) is 2.08. The molecule has 2 fully saturated rings. The fourth-order valence-corrected chi connectivity index (χ4v) is 3.47. The van der Waals surface area contributed by atoms with Crippen molar-refractivity contribution in [1.82, 2.24) is 10.2 Å². The van der Waals surface area contributed by atoms with Crippen LogP contribution in [0.5, 0.6) is 0 Å². The zero-order valence-corrected chi connectivity index (χ0v) is 14.0. The first-order chi connectivity index (χ1) is 11.6. The van der Waals surface area contributed by atoms with Gasteiger partial charge < -0.3 is 20.1 Å². The Kier molecular flexibility index (Phi) is 4.73. The standard InChI is InChI=1S/C17H23N3O4/c1-11-14(4-3-5-15(11)19-7-6-18-17(19)23)16(22)20-9-13(24-2)8-12(20)10-21/h3-5,12-13,21H,6-10H2,1-2H3,(H,18,23)/t12-,13+/m0/s1. The van der Waals surface area contributed by atoms with E-state index >= 15 is 0 Å². The van der Waals surface area contributed by atoms with Crippen molar-refractivity contribution in [2.75, 3.05) is 38.3 Å². The van der Waals surface area contributed by atoms with Gasteiger partial charge in [-0.05, 0) is 31.0 Å². The molecule has 130 valence electrons. The summed E-state index contributed by atoms with van der Waals surface area (Å²) in [4.78, 5) is 28.2. The number of rotatable bonds is 4. The molecule has 0 unspecified atom stereocenters. The Hall–Kier alpha value is -2.12. The molecule has 0 saturated carbocycles. The molecule has 2 aliphatic heterocycles. The molecule has 2 saturated heterocycles. The number of urea groups is 1. The first kappa shape index (κ1) is 16.7. The molecule has 0 aliphatic carbocycles. The van der Waals surface area contributed by atoms with Crippen LogP contribution < -0.4 is 10.2 Å². The lowest BCUT2D eigenvalue weighted by Crippen LogP contribution is -2.38. The monoisotopic (exact) mass is 333 g/mol. The number of methoxy groups -OCH3 is 1. The van der Waals surface area contributed by atoms with E-state index in [1.54, 1.807) is 29.0 Å². The van der Waals surface area contributed by atoms with Crippen LogP contribution in [0.3, 0.4) is 0 Å². The van der Waals surface area contributed by atoms with Gasteiger partial charge in [0.05, 0.1) is 18.8 Å². The van der Waals surface area contributed by atoms with Gasteiger partial charge in [0, 0.05) is 38.0 Å². The quantitative estimate of drug-likeness (QED) is 0.852. The van der Waals surface area contributed by atoms with Crippen molar-refractivity contribution in [2.24, 2.45) is 0 Å². The smallest absolute Gasteiger partial charge is 0.322 e. The first-order valence-corrected chi connectivity index (χ1v) is 8.16. The third kappa shape index (κ3) is 2.85.